The van der Waals surface area contributed by atoms with E-state index in [0.29, 0.717) is 28.4 Å². The monoisotopic (exact) mass is 570 g/mol. The Hall–Kier alpha value is -4.21. The van der Waals surface area contributed by atoms with Gasteiger partial charge in [0.1, 0.15) is 12.3 Å². The second-order valence-corrected chi connectivity index (χ2v) is 11.2. The van der Waals surface area contributed by atoms with E-state index < -0.39 is 21.2 Å². The van der Waals surface area contributed by atoms with Gasteiger partial charge in [0.15, 0.2) is 16.6 Å². The van der Waals surface area contributed by atoms with Gasteiger partial charge in [0.05, 0.1) is 28.8 Å². The molecule has 12 nitrogen and oxygen atoms in total. The van der Waals surface area contributed by atoms with Gasteiger partial charge >= 0.3 is 0 Å². The van der Waals surface area contributed by atoms with Crippen molar-refractivity contribution in [3.63, 3.8) is 0 Å². The lowest BCUT2D eigenvalue weighted by molar-refractivity contribution is -0.115. The van der Waals surface area contributed by atoms with Crippen LogP contribution < -0.4 is 19.5 Å². The summed E-state index contributed by atoms with van der Waals surface area (Å²) in [6.45, 7) is 0.0638. The number of nitrogens with one attached hydrogen (secondary N) is 2. The van der Waals surface area contributed by atoms with Crippen LogP contribution in [0.1, 0.15) is 11.3 Å². The van der Waals surface area contributed by atoms with E-state index in [1.165, 1.54) is 41.5 Å². The van der Waals surface area contributed by atoms with E-state index in [-0.39, 0.29) is 21.5 Å². The van der Waals surface area contributed by atoms with Crippen LogP contribution in [0.15, 0.2) is 70.0 Å². The van der Waals surface area contributed by atoms with Crippen molar-refractivity contribution >= 4 is 55.5 Å². The van der Waals surface area contributed by atoms with Gasteiger partial charge in [0.2, 0.25) is 0 Å². The van der Waals surface area contributed by atoms with Crippen LogP contribution in [0.3, 0.4) is 0 Å². The highest BCUT2D eigenvalue weighted by atomic mass is 32.2. The largest absolute Gasteiger partial charge is 0.493 e. The molecule has 0 aliphatic carbocycles. The molecule has 15 heteroatoms. The smallest absolute Gasteiger partial charge is 0.290 e. The fourth-order valence-corrected chi connectivity index (χ4v) is 5.81. The maximum absolute atomic E-state index is 12.5. The number of imide groups is 1. The van der Waals surface area contributed by atoms with Crippen LogP contribution in [0.25, 0.3) is 11.8 Å². The van der Waals surface area contributed by atoms with Crippen LogP contribution >= 0.6 is 23.1 Å². The van der Waals surface area contributed by atoms with Crippen molar-refractivity contribution in [2.24, 2.45) is 0 Å². The Morgan fingerprint density at radius 1 is 1.13 bits per heavy atom. The predicted molar refractivity (Wildman–Crippen MR) is 141 cm³/mol. The molecule has 0 unspecified atom stereocenters. The summed E-state index contributed by atoms with van der Waals surface area (Å²) in [5, 5.41) is 12.0. The summed E-state index contributed by atoms with van der Waals surface area (Å²) in [6.07, 6.45) is 4.76. The molecule has 0 saturated carbocycles. The minimum absolute atomic E-state index is 0.0638. The molecule has 194 valence electrons. The molecule has 1 saturated heterocycles. The first-order valence-electron chi connectivity index (χ1n) is 10.8. The van der Waals surface area contributed by atoms with E-state index in [9.17, 15) is 18.0 Å². The van der Waals surface area contributed by atoms with Gasteiger partial charge in [-0.2, -0.15) is 0 Å². The summed E-state index contributed by atoms with van der Waals surface area (Å²) in [4.78, 5) is 27.5. The number of thioether (sulfide) groups is 1. The van der Waals surface area contributed by atoms with Gasteiger partial charge in [-0.15, -0.1) is 16.4 Å². The molecule has 38 heavy (non-hydrogen) atoms. The quantitative estimate of drug-likeness (QED) is 0.286. The summed E-state index contributed by atoms with van der Waals surface area (Å²) in [5.41, 5.74) is 1.76. The zero-order valence-corrected chi connectivity index (χ0v) is 22.0. The molecule has 3 heterocycles. The van der Waals surface area contributed by atoms with Crippen molar-refractivity contribution in [3.8, 4) is 17.2 Å². The summed E-state index contributed by atoms with van der Waals surface area (Å²) in [5.74, 6) is 0.437. The molecule has 0 spiro atoms. The van der Waals surface area contributed by atoms with Crippen molar-refractivity contribution in [1.29, 1.82) is 0 Å². The standard InChI is InChI=1S/C23H18N6O6S3/c1-34-18-7-2-14(11-20-21(30)25-23(31)37-20)10-19(18)35-13-15-12-29(28-26-15)16-3-5-17(6-4-16)38(32,33)27-22-24-8-9-36-22/h2-12H,13H2,1H3,(H,24,27)(H,25,30,31)/b20-11+. The lowest BCUT2D eigenvalue weighted by Crippen LogP contribution is -2.17. The van der Waals surface area contributed by atoms with Gasteiger partial charge in [0, 0.05) is 11.6 Å². The number of methoxy groups -OCH3 is 1. The Kier molecular flexibility index (Phi) is 7.13. The van der Waals surface area contributed by atoms with Crippen LogP contribution in [0, 0.1) is 0 Å². The zero-order valence-electron chi connectivity index (χ0n) is 19.5. The van der Waals surface area contributed by atoms with Crippen LogP contribution in [0.2, 0.25) is 0 Å². The molecular formula is C23H18N6O6S3. The summed E-state index contributed by atoms with van der Waals surface area (Å²) in [7, 11) is -2.26. The number of hydrogen-bond donors (Lipinski definition) is 2. The zero-order chi connectivity index (χ0) is 26.7. The third-order valence-electron chi connectivity index (χ3n) is 5.11. The van der Waals surface area contributed by atoms with E-state index in [1.807, 2.05) is 0 Å². The van der Waals surface area contributed by atoms with Crippen molar-refractivity contribution in [3.05, 3.63) is 76.4 Å². The van der Waals surface area contributed by atoms with Crippen molar-refractivity contribution in [1.82, 2.24) is 25.3 Å². The van der Waals surface area contributed by atoms with Gasteiger partial charge in [-0.25, -0.2) is 18.1 Å². The maximum atomic E-state index is 12.5. The van der Waals surface area contributed by atoms with E-state index in [1.54, 1.807) is 48.0 Å². The number of rotatable bonds is 9. The molecular weight excluding hydrogens is 552 g/mol. The number of aromatic nitrogens is 4. The van der Waals surface area contributed by atoms with E-state index in [0.717, 1.165) is 11.8 Å². The van der Waals surface area contributed by atoms with Crippen LogP contribution in [-0.4, -0.2) is 46.7 Å². The second-order valence-electron chi connectivity index (χ2n) is 7.64. The number of hydrogen-bond acceptors (Lipinski definition) is 11. The highest BCUT2D eigenvalue weighted by Crippen LogP contribution is 2.32. The van der Waals surface area contributed by atoms with Gasteiger partial charge < -0.3 is 9.47 Å². The minimum atomic E-state index is -3.76. The Labute approximate surface area is 224 Å². The Morgan fingerprint density at radius 3 is 2.63 bits per heavy atom. The van der Waals surface area contributed by atoms with Crippen molar-refractivity contribution in [2.75, 3.05) is 11.8 Å². The molecule has 0 bridgehead atoms. The number of nitrogens with zero attached hydrogens (tertiary/aromatic N) is 4. The van der Waals surface area contributed by atoms with E-state index in [2.05, 4.69) is 25.3 Å². The molecule has 5 rings (SSSR count). The molecule has 2 N–H and O–H groups in total. The summed E-state index contributed by atoms with van der Waals surface area (Å²) >= 11 is 2.01. The number of ether oxygens (including phenoxy) is 2. The van der Waals surface area contributed by atoms with Gasteiger partial charge in [0.25, 0.3) is 21.2 Å². The summed E-state index contributed by atoms with van der Waals surface area (Å²) in [6, 6.07) is 11.3. The van der Waals surface area contributed by atoms with Crippen molar-refractivity contribution < 1.29 is 27.5 Å². The fraction of sp³-hybridized carbons (Fsp3) is 0.0870. The fourth-order valence-electron chi connectivity index (χ4n) is 3.34. The Bertz CT molecular complexity index is 1630. The highest BCUT2D eigenvalue weighted by molar-refractivity contribution is 8.18. The number of thiazole rings is 1. The molecule has 2 aromatic carbocycles. The lowest BCUT2D eigenvalue weighted by Gasteiger charge is -2.10. The molecule has 1 aliphatic heterocycles. The normalized spacial score (nSPS) is 14.5. The van der Waals surface area contributed by atoms with Crippen molar-refractivity contribution in [2.45, 2.75) is 11.5 Å². The molecule has 1 fully saturated rings. The molecule has 2 amide bonds. The third-order valence-corrected chi connectivity index (χ3v) is 8.09. The average Bonchev–Trinajstić information content (AvgIpc) is 3.65. The number of amides is 2. The number of sulfonamides is 1. The SMILES string of the molecule is COc1ccc(/C=C2/SC(=O)NC2=O)cc1OCc1cn(-c2ccc(S(=O)(=O)Nc3nccs3)cc2)nn1. The Balaban J connectivity index is 1.27. The molecule has 2 aromatic heterocycles. The topological polar surface area (TPSA) is 154 Å². The second kappa shape index (κ2) is 10.6. The first-order valence-corrected chi connectivity index (χ1v) is 14.0. The number of benzene rings is 2. The van der Waals surface area contributed by atoms with E-state index in [4.69, 9.17) is 9.47 Å². The third kappa shape index (κ3) is 5.69. The highest BCUT2D eigenvalue weighted by Gasteiger charge is 2.25. The first kappa shape index (κ1) is 25.4. The first-order chi connectivity index (χ1) is 18.3. The molecule has 0 radical (unpaired) electrons. The Morgan fingerprint density at radius 2 is 1.95 bits per heavy atom. The summed E-state index contributed by atoms with van der Waals surface area (Å²) < 4.78 is 40.2. The predicted octanol–water partition coefficient (Wildman–Crippen LogP) is 3.44. The van der Waals surface area contributed by atoms with Gasteiger partial charge in [-0.1, -0.05) is 11.3 Å². The van der Waals surface area contributed by atoms with Crippen LogP contribution in [0.5, 0.6) is 11.5 Å². The van der Waals surface area contributed by atoms with Crippen LogP contribution in [-0.2, 0) is 21.4 Å². The van der Waals surface area contributed by atoms with Gasteiger partial charge in [-0.3, -0.25) is 19.6 Å². The number of anilines is 1. The van der Waals surface area contributed by atoms with Gasteiger partial charge in [-0.05, 0) is 59.8 Å². The van der Waals surface area contributed by atoms with Crippen LogP contribution in [0.4, 0.5) is 9.93 Å². The molecule has 0 atom stereocenters. The van der Waals surface area contributed by atoms with E-state index >= 15 is 0 Å². The average molecular weight is 571 g/mol. The molecule has 1 aliphatic rings. The molecule has 4 aromatic rings. The minimum Gasteiger partial charge on any atom is -0.493 e. The maximum Gasteiger partial charge on any atom is 0.290 e. The number of carbonyl (C=O) groups excluding carboxylic acids is 2. The number of carbonyl (C=O) groups is 2. The lowest BCUT2D eigenvalue weighted by atomic mass is 10.2.